The number of hydrogen-bond donors (Lipinski definition) is 0. The Bertz CT molecular complexity index is 182. The number of amides is 1. The first-order valence-electron chi connectivity index (χ1n) is 4.13. The van der Waals surface area contributed by atoms with Gasteiger partial charge in [-0.2, -0.15) is 0 Å². The molecule has 1 unspecified atom stereocenters. The zero-order valence-corrected chi connectivity index (χ0v) is 9.74. The zero-order valence-electron chi connectivity index (χ0n) is 7.58. The Labute approximate surface area is 86.6 Å². The van der Waals surface area contributed by atoms with E-state index in [4.69, 9.17) is 4.74 Å². The van der Waals surface area contributed by atoms with Crippen LogP contribution in [-0.2, 0) is 4.74 Å². The molecule has 1 heterocycles. The van der Waals surface area contributed by atoms with Crippen LogP contribution in [0.15, 0.2) is 0 Å². The van der Waals surface area contributed by atoms with Crippen molar-refractivity contribution in [3.05, 3.63) is 0 Å². The van der Waals surface area contributed by atoms with Gasteiger partial charge in [0.05, 0.1) is 6.04 Å². The minimum absolute atomic E-state index is 0.168. The minimum Gasteiger partial charge on any atom is -0.447 e. The fraction of sp³-hybridized carbons (Fsp3) is 0.875. The molecule has 70 valence electrons. The van der Waals surface area contributed by atoms with Gasteiger partial charge in [-0.25, -0.2) is 4.79 Å². The van der Waals surface area contributed by atoms with Crippen LogP contribution in [0.1, 0.15) is 20.8 Å². The first kappa shape index (κ1) is 10.1. The Kier molecular flexibility index (Phi) is 3.20. The molecule has 12 heavy (non-hydrogen) atoms. The lowest BCUT2D eigenvalue weighted by molar-refractivity contribution is 0.149. The van der Waals surface area contributed by atoms with Crippen molar-refractivity contribution in [1.29, 1.82) is 0 Å². The number of rotatable bonds is 2. The van der Waals surface area contributed by atoms with E-state index in [1.807, 2.05) is 18.7 Å². The van der Waals surface area contributed by atoms with Crippen LogP contribution in [0.25, 0.3) is 0 Å². The van der Waals surface area contributed by atoms with Gasteiger partial charge in [0.1, 0.15) is 6.61 Å². The van der Waals surface area contributed by atoms with E-state index >= 15 is 0 Å². The van der Waals surface area contributed by atoms with Crippen LogP contribution in [0.2, 0.25) is 0 Å². The summed E-state index contributed by atoms with van der Waals surface area (Å²) in [7, 11) is 0. The van der Waals surface area contributed by atoms with Gasteiger partial charge >= 0.3 is 6.09 Å². The third-order valence-electron chi connectivity index (χ3n) is 2.03. The highest BCUT2D eigenvalue weighted by molar-refractivity contribution is 14.1. The van der Waals surface area contributed by atoms with E-state index in [2.05, 4.69) is 29.5 Å². The first-order valence-corrected chi connectivity index (χ1v) is 5.37. The predicted octanol–water partition coefficient (Wildman–Crippen LogP) is 2.04. The monoisotopic (exact) mass is 283 g/mol. The van der Waals surface area contributed by atoms with E-state index in [0.717, 1.165) is 0 Å². The highest BCUT2D eigenvalue weighted by atomic mass is 127. The molecule has 1 aliphatic heterocycles. The Hall–Kier alpha value is 0. The second kappa shape index (κ2) is 3.81. The molecule has 0 bridgehead atoms. The fourth-order valence-electron chi connectivity index (χ4n) is 1.39. The van der Waals surface area contributed by atoms with Crippen LogP contribution in [0.5, 0.6) is 0 Å². The van der Waals surface area contributed by atoms with Crippen molar-refractivity contribution >= 4 is 28.7 Å². The lowest BCUT2D eigenvalue weighted by atomic mass is 10.2. The molecule has 0 N–H and O–H groups in total. The zero-order chi connectivity index (χ0) is 9.30. The molecule has 0 aromatic carbocycles. The van der Waals surface area contributed by atoms with Gasteiger partial charge in [0.15, 0.2) is 0 Å². The minimum atomic E-state index is -0.168. The molecular formula is C8H14INO2. The molecule has 3 nitrogen and oxygen atoms in total. The molecule has 2 atom stereocenters. The first-order chi connectivity index (χ1) is 5.54. The van der Waals surface area contributed by atoms with Crippen LogP contribution in [0.4, 0.5) is 4.79 Å². The highest BCUT2D eigenvalue weighted by Crippen LogP contribution is 2.22. The van der Waals surface area contributed by atoms with Gasteiger partial charge in [-0.1, -0.05) is 29.5 Å². The molecule has 0 spiro atoms. The number of ether oxygens (including phenoxy) is 1. The summed E-state index contributed by atoms with van der Waals surface area (Å²) in [6.45, 7) is 6.67. The van der Waals surface area contributed by atoms with Gasteiger partial charge in [-0.3, -0.25) is 4.90 Å². The summed E-state index contributed by atoms with van der Waals surface area (Å²) in [6, 6.07) is 0.486. The number of halogens is 1. The van der Waals surface area contributed by atoms with Crippen molar-refractivity contribution in [3.8, 4) is 0 Å². The number of alkyl halides is 1. The van der Waals surface area contributed by atoms with Gasteiger partial charge in [0, 0.05) is 9.97 Å². The molecule has 0 saturated carbocycles. The normalized spacial score (nSPS) is 26.2. The van der Waals surface area contributed by atoms with Crippen molar-refractivity contribution in [1.82, 2.24) is 4.90 Å². The summed E-state index contributed by atoms with van der Waals surface area (Å²) in [5, 5.41) is 0. The standard InChI is InChI=1S/C8H14INO2/c1-5(2)10-7(6(3)9)4-12-8(10)11/h5-7H,4H2,1-3H3/t6?,7-/m0/s1. The molecule has 4 heteroatoms. The van der Waals surface area contributed by atoms with E-state index in [1.54, 1.807) is 0 Å². The summed E-state index contributed by atoms with van der Waals surface area (Å²) < 4.78 is 5.42. The Morgan fingerprint density at radius 1 is 1.58 bits per heavy atom. The van der Waals surface area contributed by atoms with Gasteiger partial charge in [0.2, 0.25) is 0 Å². The van der Waals surface area contributed by atoms with Gasteiger partial charge in [-0.15, -0.1) is 0 Å². The molecule has 1 amide bonds. The van der Waals surface area contributed by atoms with E-state index in [0.29, 0.717) is 10.5 Å². The third-order valence-corrected chi connectivity index (χ3v) is 2.86. The second-order valence-corrected chi connectivity index (χ2v) is 5.29. The lowest BCUT2D eigenvalue weighted by Gasteiger charge is -2.26. The quantitative estimate of drug-likeness (QED) is 0.573. The molecule has 0 aromatic heterocycles. The van der Waals surface area contributed by atoms with Crippen molar-refractivity contribution in [2.75, 3.05) is 6.61 Å². The van der Waals surface area contributed by atoms with Gasteiger partial charge in [0.25, 0.3) is 0 Å². The van der Waals surface area contributed by atoms with Crippen LogP contribution < -0.4 is 0 Å². The summed E-state index contributed by atoms with van der Waals surface area (Å²) in [5.41, 5.74) is 0. The average molecular weight is 283 g/mol. The largest absolute Gasteiger partial charge is 0.447 e. The molecule has 0 aromatic rings. The van der Waals surface area contributed by atoms with E-state index in [9.17, 15) is 4.79 Å². The predicted molar refractivity (Wildman–Crippen MR) is 55.6 cm³/mol. The number of nitrogens with zero attached hydrogens (tertiary/aromatic N) is 1. The maximum absolute atomic E-state index is 11.2. The van der Waals surface area contributed by atoms with Crippen LogP contribution in [0.3, 0.4) is 0 Å². The topological polar surface area (TPSA) is 29.5 Å². The Balaban J connectivity index is 2.70. The molecule has 1 aliphatic rings. The number of cyclic esters (lactones) is 1. The van der Waals surface area contributed by atoms with E-state index in [-0.39, 0.29) is 18.2 Å². The Morgan fingerprint density at radius 3 is 2.50 bits per heavy atom. The van der Waals surface area contributed by atoms with Crippen LogP contribution in [-0.4, -0.2) is 33.6 Å². The molecule has 1 fully saturated rings. The van der Waals surface area contributed by atoms with Crippen molar-refractivity contribution < 1.29 is 9.53 Å². The molecule has 0 aliphatic carbocycles. The van der Waals surface area contributed by atoms with Gasteiger partial charge in [-0.05, 0) is 13.8 Å². The second-order valence-electron chi connectivity index (χ2n) is 3.32. The summed E-state index contributed by atoms with van der Waals surface area (Å²) in [4.78, 5) is 13.0. The van der Waals surface area contributed by atoms with E-state index in [1.165, 1.54) is 0 Å². The summed E-state index contributed by atoms with van der Waals surface area (Å²) in [6.07, 6.45) is -0.168. The van der Waals surface area contributed by atoms with Crippen molar-refractivity contribution in [2.24, 2.45) is 0 Å². The number of carbonyl (C=O) groups excluding carboxylic acids is 1. The fourth-order valence-corrected chi connectivity index (χ4v) is 1.95. The highest BCUT2D eigenvalue weighted by Gasteiger charge is 2.36. The van der Waals surface area contributed by atoms with Crippen molar-refractivity contribution in [3.63, 3.8) is 0 Å². The van der Waals surface area contributed by atoms with Gasteiger partial charge < -0.3 is 4.74 Å². The van der Waals surface area contributed by atoms with Crippen LogP contribution >= 0.6 is 22.6 Å². The van der Waals surface area contributed by atoms with E-state index < -0.39 is 0 Å². The summed E-state index contributed by atoms with van der Waals surface area (Å²) >= 11 is 2.33. The molecule has 0 radical (unpaired) electrons. The molecule has 1 rings (SSSR count). The maximum atomic E-state index is 11.2. The summed E-state index contributed by atoms with van der Waals surface area (Å²) in [5.74, 6) is 0. The Morgan fingerprint density at radius 2 is 2.17 bits per heavy atom. The van der Waals surface area contributed by atoms with Crippen molar-refractivity contribution in [2.45, 2.75) is 36.8 Å². The maximum Gasteiger partial charge on any atom is 0.410 e. The SMILES string of the molecule is CC(I)[C@@H]1COC(=O)N1C(C)C. The average Bonchev–Trinajstić information content (AvgIpc) is 2.30. The smallest absolute Gasteiger partial charge is 0.410 e. The molecular weight excluding hydrogens is 269 g/mol. The number of hydrogen-bond acceptors (Lipinski definition) is 2. The molecule has 1 saturated heterocycles. The van der Waals surface area contributed by atoms with Crippen LogP contribution in [0, 0.1) is 0 Å². The number of carbonyl (C=O) groups is 1. The lowest BCUT2D eigenvalue weighted by Crippen LogP contribution is -2.42. The third kappa shape index (κ3) is 1.84.